The number of carbonyl (C=O) groups excluding carboxylic acids is 1. The van der Waals surface area contributed by atoms with Crippen LogP contribution in [0.1, 0.15) is 6.92 Å². The molecule has 0 heterocycles. The van der Waals surface area contributed by atoms with Gasteiger partial charge in [0.1, 0.15) is 23.5 Å². The number of methoxy groups -OCH3 is 1. The van der Waals surface area contributed by atoms with Crippen molar-refractivity contribution in [3.05, 3.63) is 29.6 Å². The van der Waals surface area contributed by atoms with Gasteiger partial charge in [0.05, 0.1) is 7.11 Å². The summed E-state index contributed by atoms with van der Waals surface area (Å²) in [5.74, 6) is -5.38. The van der Waals surface area contributed by atoms with Crippen LogP contribution in [0.5, 0.6) is 0 Å². The molecule has 5 nitrogen and oxygen atoms in total. The number of sulfonamides is 1. The number of halogens is 3. The van der Waals surface area contributed by atoms with Gasteiger partial charge in [0.25, 0.3) is 0 Å². The van der Waals surface area contributed by atoms with Crippen LogP contribution in [0.2, 0.25) is 0 Å². The molecule has 0 aliphatic rings. The van der Waals surface area contributed by atoms with Crippen LogP contribution in [0.15, 0.2) is 17.0 Å². The molecule has 0 fully saturated rings. The van der Waals surface area contributed by atoms with Gasteiger partial charge in [-0.15, -0.1) is 0 Å². The maximum Gasteiger partial charge on any atom is 0.323 e. The lowest BCUT2D eigenvalue weighted by molar-refractivity contribution is -0.142. The molecule has 1 N–H and O–H groups in total. The van der Waals surface area contributed by atoms with Crippen LogP contribution in [-0.2, 0) is 19.6 Å². The zero-order valence-electron chi connectivity index (χ0n) is 9.91. The Bertz CT molecular complexity index is 580. The third-order valence-electron chi connectivity index (χ3n) is 2.12. The number of nitrogens with one attached hydrogen (secondary N) is 1. The average molecular weight is 297 g/mol. The van der Waals surface area contributed by atoms with Crippen molar-refractivity contribution in [2.45, 2.75) is 17.9 Å². The molecular weight excluding hydrogens is 287 g/mol. The van der Waals surface area contributed by atoms with E-state index < -0.39 is 44.4 Å². The standard InChI is InChI=1S/C10H10F3NO4S/c1-5(10(15)18-2)14-19(16,17)9-7(12)3-6(11)4-8(9)13/h3-5,14H,1-2H3. The first kappa shape index (κ1) is 15.4. The van der Waals surface area contributed by atoms with Crippen LogP contribution in [0, 0.1) is 17.5 Å². The van der Waals surface area contributed by atoms with Gasteiger partial charge in [-0.25, -0.2) is 21.6 Å². The number of ether oxygens (including phenoxy) is 1. The summed E-state index contributed by atoms with van der Waals surface area (Å²) in [6.07, 6.45) is 0. The maximum absolute atomic E-state index is 13.3. The second-order valence-corrected chi connectivity index (χ2v) is 5.22. The lowest BCUT2D eigenvalue weighted by atomic mass is 10.3. The van der Waals surface area contributed by atoms with E-state index in [1.807, 2.05) is 0 Å². The Kier molecular flexibility index (Phi) is 4.53. The summed E-state index contributed by atoms with van der Waals surface area (Å²) >= 11 is 0. The molecule has 0 saturated heterocycles. The lowest BCUT2D eigenvalue weighted by Crippen LogP contribution is -2.39. The summed E-state index contributed by atoms with van der Waals surface area (Å²) in [5, 5.41) is 0. The van der Waals surface area contributed by atoms with E-state index in [-0.39, 0.29) is 12.1 Å². The molecule has 1 unspecified atom stereocenters. The van der Waals surface area contributed by atoms with E-state index in [4.69, 9.17) is 0 Å². The molecule has 1 rings (SSSR count). The van der Waals surface area contributed by atoms with Crippen molar-refractivity contribution in [2.24, 2.45) is 0 Å². The molecule has 0 bridgehead atoms. The molecule has 0 spiro atoms. The van der Waals surface area contributed by atoms with Gasteiger partial charge < -0.3 is 4.74 Å². The van der Waals surface area contributed by atoms with E-state index in [9.17, 15) is 26.4 Å². The molecule has 0 radical (unpaired) electrons. The third-order valence-corrected chi connectivity index (χ3v) is 3.71. The molecule has 0 aliphatic heterocycles. The molecular formula is C10H10F3NO4S. The van der Waals surface area contributed by atoms with Gasteiger partial charge in [0.2, 0.25) is 10.0 Å². The summed E-state index contributed by atoms with van der Waals surface area (Å²) in [6, 6.07) is -0.903. The van der Waals surface area contributed by atoms with Gasteiger partial charge in [-0.2, -0.15) is 4.72 Å². The fourth-order valence-corrected chi connectivity index (χ4v) is 2.61. The Morgan fingerprint density at radius 2 is 1.74 bits per heavy atom. The van der Waals surface area contributed by atoms with E-state index in [1.54, 1.807) is 4.72 Å². The quantitative estimate of drug-likeness (QED) is 0.840. The summed E-state index contributed by atoms with van der Waals surface area (Å²) < 4.78 is 68.7. The Hall–Kier alpha value is -1.61. The first-order valence-electron chi connectivity index (χ1n) is 4.93. The zero-order valence-corrected chi connectivity index (χ0v) is 10.7. The predicted molar refractivity (Wildman–Crippen MR) is 58.1 cm³/mol. The number of rotatable bonds is 4. The highest BCUT2D eigenvalue weighted by molar-refractivity contribution is 7.89. The van der Waals surface area contributed by atoms with Crippen molar-refractivity contribution in [3.63, 3.8) is 0 Å². The summed E-state index contributed by atoms with van der Waals surface area (Å²) in [6.45, 7) is 1.13. The van der Waals surface area contributed by atoms with Crippen molar-refractivity contribution in [3.8, 4) is 0 Å². The Balaban J connectivity index is 3.18. The number of esters is 1. The van der Waals surface area contributed by atoms with Gasteiger partial charge in [-0.3, -0.25) is 4.79 Å². The monoisotopic (exact) mass is 297 g/mol. The number of hydrogen-bond donors (Lipinski definition) is 1. The predicted octanol–water partition coefficient (Wildman–Crippen LogP) is 0.944. The fourth-order valence-electron chi connectivity index (χ4n) is 1.30. The summed E-state index contributed by atoms with van der Waals surface area (Å²) in [7, 11) is -3.64. The number of carbonyl (C=O) groups is 1. The first-order valence-corrected chi connectivity index (χ1v) is 6.42. The van der Waals surface area contributed by atoms with Crippen LogP contribution in [0.3, 0.4) is 0 Å². The van der Waals surface area contributed by atoms with Crippen molar-refractivity contribution in [1.29, 1.82) is 0 Å². The second kappa shape index (κ2) is 5.57. The molecule has 0 aromatic heterocycles. The Morgan fingerprint density at radius 1 is 1.26 bits per heavy atom. The van der Waals surface area contributed by atoms with Crippen LogP contribution in [0.4, 0.5) is 13.2 Å². The SMILES string of the molecule is COC(=O)C(C)NS(=O)(=O)c1c(F)cc(F)cc1F. The summed E-state index contributed by atoms with van der Waals surface area (Å²) in [5.41, 5.74) is 0. The molecule has 0 saturated carbocycles. The van der Waals surface area contributed by atoms with E-state index in [1.165, 1.54) is 0 Å². The van der Waals surface area contributed by atoms with Gasteiger partial charge in [-0.05, 0) is 6.92 Å². The van der Waals surface area contributed by atoms with E-state index in [0.29, 0.717) is 0 Å². The molecule has 1 atom stereocenters. The minimum Gasteiger partial charge on any atom is -0.468 e. The maximum atomic E-state index is 13.3. The number of hydrogen-bond acceptors (Lipinski definition) is 4. The fraction of sp³-hybridized carbons (Fsp3) is 0.300. The van der Waals surface area contributed by atoms with Crippen molar-refractivity contribution in [1.82, 2.24) is 4.72 Å². The normalized spacial score (nSPS) is 13.1. The summed E-state index contributed by atoms with van der Waals surface area (Å²) in [4.78, 5) is 9.69. The molecule has 0 aliphatic carbocycles. The minimum atomic E-state index is -4.66. The highest BCUT2D eigenvalue weighted by Gasteiger charge is 2.28. The molecule has 9 heteroatoms. The largest absolute Gasteiger partial charge is 0.468 e. The Morgan fingerprint density at radius 3 is 2.16 bits per heavy atom. The molecule has 19 heavy (non-hydrogen) atoms. The van der Waals surface area contributed by atoms with Crippen molar-refractivity contribution in [2.75, 3.05) is 7.11 Å². The van der Waals surface area contributed by atoms with Gasteiger partial charge >= 0.3 is 5.97 Å². The van der Waals surface area contributed by atoms with Gasteiger partial charge in [0, 0.05) is 12.1 Å². The third kappa shape index (κ3) is 3.44. The Labute approximate surface area is 107 Å². The van der Waals surface area contributed by atoms with Crippen LogP contribution in [0.25, 0.3) is 0 Å². The highest BCUT2D eigenvalue weighted by Crippen LogP contribution is 2.20. The van der Waals surface area contributed by atoms with E-state index >= 15 is 0 Å². The van der Waals surface area contributed by atoms with Crippen LogP contribution < -0.4 is 4.72 Å². The van der Waals surface area contributed by atoms with Gasteiger partial charge in [0.15, 0.2) is 4.90 Å². The first-order chi connectivity index (χ1) is 8.69. The van der Waals surface area contributed by atoms with Crippen molar-refractivity contribution >= 4 is 16.0 Å². The zero-order chi connectivity index (χ0) is 14.8. The average Bonchev–Trinajstić information content (AvgIpc) is 2.24. The van der Waals surface area contributed by atoms with E-state index in [0.717, 1.165) is 14.0 Å². The smallest absolute Gasteiger partial charge is 0.323 e. The molecule has 106 valence electrons. The van der Waals surface area contributed by atoms with E-state index in [2.05, 4.69) is 4.74 Å². The van der Waals surface area contributed by atoms with Gasteiger partial charge in [-0.1, -0.05) is 0 Å². The minimum absolute atomic E-state index is 0.223. The molecule has 0 amide bonds. The number of benzene rings is 1. The molecule has 1 aromatic carbocycles. The van der Waals surface area contributed by atoms with Crippen LogP contribution in [-0.4, -0.2) is 27.5 Å². The molecule has 1 aromatic rings. The highest BCUT2D eigenvalue weighted by atomic mass is 32.2. The van der Waals surface area contributed by atoms with Crippen molar-refractivity contribution < 1.29 is 31.1 Å². The second-order valence-electron chi connectivity index (χ2n) is 3.56. The van der Waals surface area contributed by atoms with Crippen LogP contribution >= 0.6 is 0 Å². The topological polar surface area (TPSA) is 72.5 Å². The lowest BCUT2D eigenvalue weighted by Gasteiger charge is -2.13.